The lowest BCUT2D eigenvalue weighted by Crippen LogP contribution is -2.21. The number of benzene rings is 1. The van der Waals surface area contributed by atoms with Crippen LogP contribution in [0.25, 0.3) is 0 Å². The first kappa shape index (κ1) is 13.5. The van der Waals surface area contributed by atoms with Gasteiger partial charge in [0.05, 0.1) is 13.7 Å². The van der Waals surface area contributed by atoms with E-state index in [1.165, 1.54) is 5.56 Å². The molecule has 5 heteroatoms. The number of rotatable bonds is 6. The summed E-state index contributed by atoms with van der Waals surface area (Å²) in [5, 5.41) is 7.73. The third-order valence-electron chi connectivity index (χ3n) is 3.08. The Kier molecular flexibility index (Phi) is 4.52. The molecule has 1 aromatic carbocycles. The lowest BCUT2D eigenvalue weighted by Gasteiger charge is -2.16. The molecular weight excluding hydrogens is 240 g/mol. The van der Waals surface area contributed by atoms with Gasteiger partial charge in [-0.2, -0.15) is 5.10 Å². The fourth-order valence-corrected chi connectivity index (χ4v) is 2.01. The van der Waals surface area contributed by atoms with Crippen LogP contribution < -0.4 is 10.1 Å². The summed E-state index contributed by atoms with van der Waals surface area (Å²) in [5.41, 5.74) is 1.25. The quantitative estimate of drug-likeness (QED) is 0.864. The monoisotopic (exact) mass is 260 g/mol. The first-order chi connectivity index (χ1) is 9.22. The minimum atomic E-state index is 0.301. The number of methoxy groups -OCH3 is 1. The van der Waals surface area contributed by atoms with Crippen LogP contribution in [0, 0.1) is 0 Å². The summed E-state index contributed by atoms with van der Waals surface area (Å²) in [7, 11) is 3.55. The Morgan fingerprint density at radius 1 is 1.32 bits per heavy atom. The van der Waals surface area contributed by atoms with Crippen molar-refractivity contribution in [2.24, 2.45) is 7.05 Å². The number of aromatic nitrogens is 3. The van der Waals surface area contributed by atoms with Crippen LogP contribution in [0.15, 0.2) is 30.6 Å². The number of nitrogens with one attached hydrogen (secondary N) is 1. The molecule has 0 aliphatic rings. The molecule has 1 N–H and O–H groups in total. The van der Waals surface area contributed by atoms with Crippen molar-refractivity contribution in [1.29, 1.82) is 0 Å². The Labute approximate surface area is 113 Å². The van der Waals surface area contributed by atoms with Crippen molar-refractivity contribution in [3.63, 3.8) is 0 Å². The van der Waals surface area contributed by atoms with Gasteiger partial charge in [-0.05, 0) is 24.1 Å². The summed E-state index contributed by atoms with van der Waals surface area (Å²) >= 11 is 0. The van der Waals surface area contributed by atoms with Crippen LogP contribution in [-0.2, 0) is 13.6 Å². The maximum Gasteiger partial charge on any atom is 0.164 e. The highest BCUT2D eigenvalue weighted by Crippen LogP contribution is 2.20. The van der Waals surface area contributed by atoms with Crippen LogP contribution in [0.2, 0.25) is 0 Å². The van der Waals surface area contributed by atoms with Gasteiger partial charge in [-0.25, -0.2) is 4.98 Å². The van der Waals surface area contributed by atoms with Gasteiger partial charge in [-0.15, -0.1) is 0 Å². The third-order valence-corrected chi connectivity index (χ3v) is 3.08. The standard InChI is InChI=1S/C14H20N4O/c1-4-13(11-5-7-12(19-3)8-6-11)15-9-14-16-10-18(2)17-14/h5-8,10,13,15H,4,9H2,1-3H3. The molecule has 0 aliphatic heterocycles. The molecule has 1 aromatic heterocycles. The molecule has 5 nitrogen and oxygen atoms in total. The van der Waals surface area contributed by atoms with E-state index in [1.54, 1.807) is 18.1 Å². The highest BCUT2D eigenvalue weighted by Gasteiger charge is 2.10. The number of ether oxygens (including phenoxy) is 1. The van der Waals surface area contributed by atoms with E-state index in [0.29, 0.717) is 12.6 Å². The Bertz CT molecular complexity index is 506. The summed E-state index contributed by atoms with van der Waals surface area (Å²) in [6, 6.07) is 8.45. The molecule has 0 bridgehead atoms. The number of hydrogen-bond acceptors (Lipinski definition) is 4. The summed E-state index contributed by atoms with van der Waals surface area (Å²) in [4.78, 5) is 4.21. The van der Waals surface area contributed by atoms with Crippen molar-refractivity contribution >= 4 is 0 Å². The molecule has 0 radical (unpaired) electrons. The van der Waals surface area contributed by atoms with Crippen LogP contribution in [0.5, 0.6) is 5.75 Å². The number of nitrogens with zero attached hydrogens (tertiary/aromatic N) is 3. The predicted octanol–water partition coefficient (Wildman–Crippen LogP) is 2.06. The van der Waals surface area contributed by atoms with E-state index < -0.39 is 0 Å². The lowest BCUT2D eigenvalue weighted by molar-refractivity contribution is 0.414. The van der Waals surface area contributed by atoms with Crippen molar-refractivity contribution in [3.8, 4) is 5.75 Å². The van der Waals surface area contributed by atoms with Crippen molar-refractivity contribution < 1.29 is 4.74 Å². The Morgan fingerprint density at radius 2 is 2.05 bits per heavy atom. The molecule has 0 fully saturated rings. The van der Waals surface area contributed by atoms with Gasteiger partial charge in [0.1, 0.15) is 12.1 Å². The van der Waals surface area contributed by atoms with Gasteiger partial charge in [0.2, 0.25) is 0 Å². The topological polar surface area (TPSA) is 52.0 Å². The molecule has 1 atom stereocenters. The molecule has 2 aromatic rings. The molecule has 0 saturated heterocycles. The number of hydrogen-bond donors (Lipinski definition) is 1. The van der Waals surface area contributed by atoms with Gasteiger partial charge in [-0.3, -0.25) is 4.68 Å². The molecule has 0 amide bonds. The van der Waals surface area contributed by atoms with Crippen molar-refractivity contribution in [3.05, 3.63) is 42.0 Å². The van der Waals surface area contributed by atoms with Crippen LogP contribution in [0.1, 0.15) is 30.8 Å². The minimum absolute atomic E-state index is 0.301. The van der Waals surface area contributed by atoms with Gasteiger partial charge in [0.15, 0.2) is 5.82 Å². The Balaban J connectivity index is 1.98. The second-order valence-corrected chi connectivity index (χ2v) is 4.45. The first-order valence-electron chi connectivity index (χ1n) is 6.44. The van der Waals surface area contributed by atoms with Crippen molar-refractivity contribution in [2.75, 3.05) is 7.11 Å². The fourth-order valence-electron chi connectivity index (χ4n) is 2.01. The first-order valence-corrected chi connectivity index (χ1v) is 6.44. The summed E-state index contributed by atoms with van der Waals surface area (Å²) < 4.78 is 6.89. The van der Waals surface area contributed by atoms with E-state index in [2.05, 4.69) is 34.5 Å². The van der Waals surface area contributed by atoms with Gasteiger partial charge < -0.3 is 10.1 Å². The lowest BCUT2D eigenvalue weighted by atomic mass is 10.0. The average Bonchev–Trinajstić information content (AvgIpc) is 2.86. The Hall–Kier alpha value is -1.88. The molecule has 1 heterocycles. The second kappa shape index (κ2) is 6.33. The Morgan fingerprint density at radius 3 is 2.58 bits per heavy atom. The van der Waals surface area contributed by atoms with Crippen LogP contribution in [0.3, 0.4) is 0 Å². The van der Waals surface area contributed by atoms with E-state index >= 15 is 0 Å². The van der Waals surface area contributed by atoms with E-state index in [0.717, 1.165) is 18.0 Å². The van der Waals surface area contributed by atoms with Crippen LogP contribution in [0.4, 0.5) is 0 Å². The van der Waals surface area contributed by atoms with E-state index in [1.807, 2.05) is 19.2 Å². The van der Waals surface area contributed by atoms with Crippen LogP contribution in [-0.4, -0.2) is 21.9 Å². The SMILES string of the molecule is CCC(NCc1ncn(C)n1)c1ccc(OC)cc1. The highest BCUT2D eigenvalue weighted by atomic mass is 16.5. The van der Waals surface area contributed by atoms with Gasteiger partial charge >= 0.3 is 0 Å². The zero-order chi connectivity index (χ0) is 13.7. The molecule has 0 saturated carbocycles. The molecule has 1 unspecified atom stereocenters. The zero-order valence-electron chi connectivity index (χ0n) is 11.6. The average molecular weight is 260 g/mol. The largest absolute Gasteiger partial charge is 0.497 e. The summed E-state index contributed by atoms with van der Waals surface area (Å²) in [5.74, 6) is 1.69. The fraction of sp³-hybridized carbons (Fsp3) is 0.429. The van der Waals surface area contributed by atoms with Gasteiger partial charge in [-0.1, -0.05) is 19.1 Å². The molecule has 19 heavy (non-hydrogen) atoms. The molecular formula is C14H20N4O. The van der Waals surface area contributed by atoms with Crippen molar-refractivity contribution in [1.82, 2.24) is 20.1 Å². The highest BCUT2D eigenvalue weighted by molar-refractivity contribution is 5.29. The predicted molar refractivity (Wildman–Crippen MR) is 73.9 cm³/mol. The van der Waals surface area contributed by atoms with Gasteiger partial charge in [0, 0.05) is 13.1 Å². The van der Waals surface area contributed by atoms with Crippen molar-refractivity contribution in [2.45, 2.75) is 25.9 Å². The molecule has 102 valence electrons. The minimum Gasteiger partial charge on any atom is -0.497 e. The molecule has 0 aliphatic carbocycles. The second-order valence-electron chi connectivity index (χ2n) is 4.45. The van der Waals surface area contributed by atoms with E-state index in [4.69, 9.17) is 4.74 Å². The van der Waals surface area contributed by atoms with Crippen LogP contribution >= 0.6 is 0 Å². The smallest absolute Gasteiger partial charge is 0.164 e. The number of aryl methyl sites for hydroxylation is 1. The van der Waals surface area contributed by atoms with E-state index in [-0.39, 0.29) is 0 Å². The zero-order valence-corrected chi connectivity index (χ0v) is 11.6. The maximum absolute atomic E-state index is 5.17. The van der Waals surface area contributed by atoms with E-state index in [9.17, 15) is 0 Å². The molecule has 0 spiro atoms. The summed E-state index contributed by atoms with van der Waals surface area (Å²) in [6.07, 6.45) is 2.73. The summed E-state index contributed by atoms with van der Waals surface area (Å²) in [6.45, 7) is 2.83. The van der Waals surface area contributed by atoms with Gasteiger partial charge in [0.25, 0.3) is 0 Å². The third kappa shape index (κ3) is 3.54. The molecule has 2 rings (SSSR count). The maximum atomic E-state index is 5.17. The normalized spacial score (nSPS) is 12.4.